The molecule has 1 aromatic carbocycles. The first-order valence-electron chi connectivity index (χ1n) is 14.5. The van der Waals surface area contributed by atoms with E-state index in [1.165, 1.54) is 109 Å². The molecule has 0 amide bonds. The van der Waals surface area contributed by atoms with Gasteiger partial charge in [0.05, 0.1) is 11.1 Å². The molecule has 0 radical (unpaired) electrons. The number of hydrogen-bond acceptors (Lipinski definition) is 2. The Morgan fingerprint density at radius 3 is 1.94 bits per heavy atom. The van der Waals surface area contributed by atoms with Gasteiger partial charge in [0.2, 0.25) is 0 Å². The Morgan fingerprint density at radius 2 is 1.38 bits per heavy atom. The van der Waals surface area contributed by atoms with Crippen molar-refractivity contribution in [2.24, 2.45) is 16.7 Å². The molecule has 0 N–H and O–H groups in total. The summed E-state index contributed by atoms with van der Waals surface area (Å²) in [5, 5.41) is 20.2. The molecule has 0 atom stereocenters. The van der Waals surface area contributed by atoms with E-state index >= 15 is 0 Å². The predicted molar refractivity (Wildman–Crippen MR) is 141 cm³/mol. The van der Waals surface area contributed by atoms with Crippen LogP contribution in [0.25, 0.3) is 0 Å². The maximum Gasteiger partial charge on any atom is 0.101 e. The largest absolute Gasteiger partial charge is 0.192 e. The molecule has 0 unspecified atom stereocenters. The van der Waals surface area contributed by atoms with Gasteiger partial charge in [-0.3, -0.25) is 0 Å². The number of fused-ring (bicyclic) bond motifs is 3. The lowest BCUT2D eigenvalue weighted by molar-refractivity contribution is -0.0195. The van der Waals surface area contributed by atoms with Crippen molar-refractivity contribution in [1.29, 1.82) is 10.5 Å². The van der Waals surface area contributed by atoms with Crippen molar-refractivity contribution in [3.05, 3.63) is 34.4 Å². The molecule has 5 rings (SSSR count). The Kier molecular flexibility index (Phi) is 8.40. The van der Waals surface area contributed by atoms with Crippen molar-refractivity contribution in [3.63, 3.8) is 0 Å². The smallest absolute Gasteiger partial charge is 0.101 e. The van der Waals surface area contributed by atoms with E-state index < -0.39 is 0 Å². The van der Waals surface area contributed by atoms with Gasteiger partial charge in [0.1, 0.15) is 12.1 Å². The Hall–Kier alpha value is -1.80. The number of nitriles is 2. The monoisotopic (exact) mass is 458 g/mol. The highest BCUT2D eigenvalue weighted by Crippen LogP contribution is 2.60. The van der Waals surface area contributed by atoms with Gasteiger partial charge < -0.3 is 0 Å². The van der Waals surface area contributed by atoms with E-state index in [1.54, 1.807) is 0 Å². The van der Waals surface area contributed by atoms with Crippen LogP contribution in [0.2, 0.25) is 0 Å². The number of hydrogen-bond donors (Lipinski definition) is 0. The minimum absolute atomic E-state index is 0.459. The number of unbranched alkanes of at least 4 members (excludes halogenated alkanes) is 2. The molecule has 34 heavy (non-hydrogen) atoms. The molecular weight excluding hydrogens is 412 g/mol. The summed E-state index contributed by atoms with van der Waals surface area (Å²) in [5.74, 6) is 1.32. The fourth-order valence-electron chi connectivity index (χ4n) is 7.92. The highest BCUT2D eigenvalue weighted by molar-refractivity contribution is 5.56. The van der Waals surface area contributed by atoms with Gasteiger partial charge in [0, 0.05) is 0 Å². The molecular formula is C32H46N2. The van der Waals surface area contributed by atoms with Crippen molar-refractivity contribution >= 4 is 0 Å². The molecule has 4 aliphatic rings. The van der Waals surface area contributed by atoms with Gasteiger partial charge in [-0.05, 0) is 117 Å². The predicted octanol–water partition coefficient (Wildman–Crippen LogP) is 9.36. The van der Waals surface area contributed by atoms with Crippen LogP contribution in [0.3, 0.4) is 0 Å². The molecule has 0 aliphatic heterocycles. The van der Waals surface area contributed by atoms with Crippen molar-refractivity contribution < 1.29 is 0 Å². The minimum Gasteiger partial charge on any atom is -0.192 e. The van der Waals surface area contributed by atoms with E-state index in [1.807, 2.05) is 0 Å². The fourth-order valence-corrected chi connectivity index (χ4v) is 7.92. The highest BCUT2D eigenvalue weighted by atomic mass is 14.5. The van der Waals surface area contributed by atoms with Crippen LogP contribution in [0.4, 0.5) is 0 Å². The van der Waals surface area contributed by atoms with E-state index in [0.717, 1.165) is 23.5 Å². The highest BCUT2D eigenvalue weighted by Gasteiger charge is 2.47. The Bertz CT molecular complexity index is 882. The molecule has 2 heteroatoms. The molecule has 4 aliphatic carbocycles. The number of rotatable bonds is 10. The Morgan fingerprint density at radius 1 is 0.765 bits per heavy atom. The van der Waals surface area contributed by atoms with E-state index in [9.17, 15) is 10.5 Å². The third kappa shape index (κ3) is 5.38. The van der Waals surface area contributed by atoms with Gasteiger partial charge in [-0.25, -0.2) is 0 Å². The second kappa shape index (κ2) is 11.3. The molecule has 4 saturated carbocycles. The van der Waals surface area contributed by atoms with Crippen molar-refractivity contribution in [1.82, 2.24) is 0 Å². The summed E-state index contributed by atoms with van der Waals surface area (Å²) in [7, 11) is 0. The normalized spacial score (nSPS) is 30.6. The van der Waals surface area contributed by atoms with Gasteiger partial charge in [0.25, 0.3) is 0 Å². The van der Waals surface area contributed by atoms with Crippen LogP contribution in [-0.2, 0) is 6.42 Å². The molecule has 184 valence electrons. The zero-order chi connectivity index (χ0) is 24.0. The zero-order valence-corrected chi connectivity index (χ0v) is 21.9. The lowest BCUT2D eigenvalue weighted by Gasteiger charge is -2.54. The van der Waals surface area contributed by atoms with Crippen LogP contribution in [0.1, 0.15) is 151 Å². The summed E-state index contributed by atoms with van der Waals surface area (Å²) in [6.45, 7) is 4.61. The first kappa shape index (κ1) is 25.3. The lowest BCUT2D eigenvalue weighted by Crippen LogP contribution is -2.41. The third-order valence-electron chi connectivity index (χ3n) is 10.3. The van der Waals surface area contributed by atoms with E-state index in [2.05, 4.69) is 38.1 Å². The lowest BCUT2D eigenvalue weighted by atomic mass is 9.51. The van der Waals surface area contributed by atoms with Gasteiger partial charge in [-0.2, -0.15) is 10.5 Å². The summed E-state index contributed by atoms with van der Waals surface area (Å²) in [4.78, 5) is 0. The van der Waals surface area contributed by atoms with Gasteiger partial charge in [0.15, 0.2) is 0 Å². The van der Waals surface area contributed by atoms with Crippen LogP contribution < -0.4 is 0 Å². The Balaban J connectivity index is 1.41. The molecule has 2 bridgehead atoms. The maximum absolute atomic E-state index is 10.1. The summed E-state index contributed by atoms with van der Waals surface area (Å²) in [5.41, 5.74) is 4.81. The first-order chi connectivity index (χ1) is 16.6. The van der Waals surface area contributed by atoms with Crippen LogP contribution in [0.5, 0.6) is 0 Å². The quantitative estimate of drug-likeness (QED) is 0.328. The van der Waals surface area contributed by atoms with Crippen molar-refractivity contribution in [3.8, 4) is 12.1 Å². The molecule has 0 aromatic heterocycles. The minimum atomic E-state index is 0.459. The average Bonchev–Trinajstić information content (AvgIpc) is 2.88. The van der Waals surface area contributed by atoms with Crippen molar-refractivity contribution in [2.45, 2.75) is 135 Å². The number of aryl methyl sites for hydroxylation is 1. The second-order valence-electron chi connectivity index (χ2n) is 12.3. The van der Waals surface area contributed by atoms with E-state index in [-0.39, 0.29) is 0 Å². The molecule has 0 heterocycles. The molecule has 0 saturated heterocycles. The van der Waals surface area contributed by atoms with E-state index in [0.29, 0.717) is 27.9 Å². The summed E-state index contributed by atoms with van der Waals surface area (Å²) >= 11 is 0. The number of nitrogens with zero attached hydrogens (tertiary/aromatic N) is 2. The summed E-state index contributed by atoms with van der Waals surface area (Å²) in [6.07, 6.45) is 23.6. The zero-order valence-electron chi connectivity index (χ0n) is 21.9. The van der Waals surface area contributed by atoms with Crippen molar-refractivity contribution in [2.75, 3.05) is 0 Å². The van der Waals surface area contributed by atoms with Gasteiger partial charge in [-0.1, -0.05) is 58.1 Å². The fraction of sp³-hybridized carbons (Fsp3) is 0.750. The van der Waals surface area contributed by atoms with Crippen LogP contribution >= 0.6 is 0 Å². The van der Waals surface area contributed by atoms with Crippen LogP contribution in [0, 0.1) is 39.4 Å². The van der Waals surface area contributed by atoms with Gasteiger partial charge in [-0.15, -0.1) is 0 Å². The standard InChI is InChI=1S/C32H46N2/c1-3-5-6-7-25-8-10-26(11-9-25)28-13-12-27(29(23-33)30(28)24-34)14-16-32-20-17-31(15-4-2,18-21-32)19-22-32/h12-13,25-26H,3-11,14-22H2,1-2H3. The molecule has 4 fully saturated rings. The molecule has 0 spiro atoms. The first-order valence-corrected chi connectivity index (χ1v) is 14.5. The average molecular weight is 459 g/mol. The van der Waals surface area contributed by atoms with Crippen LogP contribution in [-0.4, -0.2) is 0 Å². The second-order valence-corrected chi connectivity index (χ2v) is 12.3. The maximum atomic E-state index is 10.1. The molecule has 1 aromatic rings. The summed E-state index contributed by atoms with van der Waals surface area (Å²) in [6, 6.07) is 9.38. The third-order valence-corrected chi connectivity index (χ3v) is 10.3. The van der Waals surface area contributed by atoms with Gasteiger partial charge >= 0.3 is 0 Å². The summed E-state index contributed by atoms with van der Waals surface area (Å²) < 4.78 is 0. The Labute approximate surface area is 209 Å². The van der Waals surface area contributed by atoms with E-state index in [4.69, 9.17) is 0 Å². The molecule has 2 nitrogen and oxygen atoms in total. The number of benzene rings is 1. The van der Waals surface area contributed by atoms with Crippen LogP contribution in [0.15, 0.2) is 12.1 Å². The topological polar surface area (TPSA) is 47.6 Å². The SMILES string of the molecule is CCCCCC1CCC(c2ccc(CCC34CCC(CCC)(CC3)CC4)c(C#N)c2C#N)CC1.